The quantitative estimate of drug-likeness (QED) is 0.265. The van der Waals surface area contributed by atoms with Gasteiger partial charge in [-0.2, -0.15) is 0 Å². The molecule has 0 aliphatic rings. The predicted octanol–water partition coefficient (Wildman–Crippen LogP) is 7.61. The summed E-state index contributed by atoms with van der Waals surface area (Å²) in [6, 6.07) is 36.5. The smallest absolute Gasteiger partial charge is 0.234 e. The Balaban J connectivity index is 1.63. The van der Waals surface area contributed by atoms with Crippen molar-refractivity contribution in [1.82, 2.24) is 4.98 Å². The number of carbonyl (C=O) groups is 1. The molecule has 5 rings (SSSR count). The van der Waals surface area contributed by atoms with Gasteiger partial charge in [0.1, 0.15) is 0 Å². The molecule has 0 unspecified atom stereocenters. The van der Waals surface area contributed by atoms with Gasteiger partial charge in [-0.1, -0.05) is 96.6 Å². The molecule has 1 aromatic heterocycles. The highest BCUT2D eigenvalue weighted by Gasteiger charge is 2.19. The van der Waals surface area contributed by atoms with Crippen molar-refractivity contribution in [3.05, 3.63) is 115 Å². The molecule has 0 aliphatic carbocycles. The predicted molar refractivity (Wildman–Crippen MR) is 143 cm³/mol. The van der Waals surface area contributed by atoms with Crippen LogP contribution < -0.4 is 5.32 Å². The third-order valence-electron chi connectivity index (χ3n) is 5.64. The summed E-state index contributed by atoms with van der Waals surface area (Å²) in [5, 5.41) is 4.08. The second-order valence-electron chi connectivity index (χ2n) is 8.12. The van der Waals surface area contributed by atoms with Crippen LogP contribution in [0.5, 0.6) is 0 Å². The van der Waals surface area contributed by atoms with Gasteiger partial charge in [-0.25, -0.2) is 4.98 Å². The second-order valence-corrected chi connectivity index (χ2v) is 9.10. The van der Waals surface area contributed by atoms with Crippen LogP contribution in [0.25, 0.3) is 33.3 Å². The molecule has 0 aliphatic heterocycles. The van der Waals surface area contributed by atoms with Crippen LogP contribution in [0.3, 0.4) is 0 Å². The highest BCUT2D eigenvalue weighted by Crippen LogP contribution is 2.42. The van der Waals surface area contributed by atoms with Crippen LogP contribution in [0, 0.1) is 6.92 Å². The van der Waals surface area contributed by atoms with E-state index in [4.69, 9.17) is 4.98 Å². The number of nitrogens with zero attached hydrogens (tertiary/aromatic N) is 1. The van der Waals surface area contributed by atoms with E-state index in [1.54, 1.807) is 0 Å². The van der Waals surface area contributed by atoms with Gasteiger partial charge in [0.15, 0.2) is 0 Å². The number of aryl methyl sites for hydroxylation is 1. The number of nitrogens with one attached hydrogen (secondary N) is 1. The normalized spacial score (nSPS) is 10.9. The van der Waals surface area contributed by atoms with E-state index < -0.39 is 0 Å². The molecule has 0 spiro atoms. The van der Waals surface area contributed by atoms with Gasteiger partial charge in [0, 0.05) is 27.1 Å². The van der Waals surface area contributed by atoms with Gasteiger partial charge in [-0.3, -0.25) is 4.79 Å². The van der Waals surface area contributed by atoms with Crippen molar-refractivity contribution >= 4 is 34.3 Å². The Kier molecular flexibility index (Phi) is 6.41. The first-order valence-corrected chi connectivity index (χ1v) is 12.2. The van der Waals surface area contributed by atoms with Crippen molar-refractivity contribution in [3.63, 3.8) is 0 Å². The molecule has 1 heterocycles. The van der Waals surface area contributed by atoms with Crippen LogP contribution in [0.15, 0.2) is 114 Å². The zero-order chi connectivity index (χ0) is 23.3. The van der Waals surface area contributed by atoms with Gasteiger partial charge in [0.05, 0.1) is 17.0 Å². The largest absolute Gasteiger partial charge is 0.325 e. The number of pyridine rings is 1. The highest BCUT2D eigenvalue weighted by molar-refractivity contribution is 8.00. The summed E-state index contributed by atoms with van der Waals surface area (Å²) < 4.78 is 0. The van der Waals surface area contributed by atoms with Crippen LogP contribution >= 0.6 is 11.8 Å². The number of para-hydroxylation sites is 2. The number of hydrogen-bond donors (Lipinski definition) is 1. The van der Waals surface area contributed by atoms with E-state index in [0.717, 1.165) is 43.9 Å². The fourth-order valence-corrected chi connectivity index (χ4v) is 5.01. The van der Waals surface area contributed by atoms with Gasteiger partial charge >= 0.3 is 0 Å². The Morgan fingerprint density at radius 1 is 0.765 bits per heavy atom. The standard InChI is InChI=1S/C30H24N2OS/c1-21-16-18-22(19-17-21)28-25-14-8-9-15-26(25)32-29(23-10-4-2-5-11-23)30(28)34-20-27(33)31-24-12-6-3-7-13-24/h2-19H,20H2,1H3,(H,31,33). The third kappa shape index (κ3) is 4.73. The number of amides is 1. The minimum absolute atomic E-state index is 0.0433. The zero-order valence-corrected chi connectivity index (χ0v) is 19.7. The lowest BCUT2D eigenvalue weighted by atomic mass is 9.97. The molecule has 3 nitrogen and oxygen atoms in total. The summed E-state index contributed by atoms with van der Waals surface area (Å²) in [4.78, 5) is 18.9. The lowest BCUT2D eigenvalue weighted by Gasteiger charge is -2.18. The molecule has 1 amide bonds. The number of fused-ring (bicyclic) bond motifs is 1. The number of rotatable bonds is 6. The van der Waals surface area contributed by atoms with Crippen LogP contribution in [0.1, 0.15) is 5.56 Å². The Bertz CT molecular complexity index is 1430. The first kappa shape index (κ1) is 21.9. The van der Waals surface area contributed by atoms with Gasteiger partial charge in [0.2, 0.25) is 5.91 Å². The van der Waals surface area contributed by atoms with Crippen molar-refractivity contribution in [2.24, 2.45) is 0 Å². The molecule has 0 saturated heterocycles. The molecule has 5 aromatic rings. The molecule has 4 aromatic carbocycles. The van der Waals surface area contributed by atoms with E-state index in [1.807, 2.05) is 60.7 Å². The first-order chi connectivity index (χ1) is 16.7. The molecular weight excluding hydrogens is 436 g/mol. The summed E-state index contributed by atoms with van der Waals surface area (Å²) in [6.45, 7) is 2.09. The van der Waals surface area contributed by atoms with Crippen molar-refractivity contribution in [3.8, 4) is 22.4 Å². The summed E-state index contributed by atoms with van der Waals surface area (Å²) in [7, 11) is 0. The van der Waals surface area contributed by atoms with E-state index in [9.17, 15) is 4.79 Å². The van der Waals surface area contributed by atoms with E-state index in [1.165, 1.54) is 17.3 Å². The van der Waals surface area contributed by atoms with Crippen molar-refractivity contribution in [2.75, 3.05) is 11.1 Å². The van der Waals surface area contributed by atoms with Gasteiger partial charge in [-0.15, -0.1) is 11.8 Å². The maximum absolute atomic E-state index is 12.8. The minimum atomic E-state index is -0.0433. The number of benzene rings is 4. The summed E-state index contributed by atoms with van der Waals surface area (Å²) in [5.74, 6) is 0.242. The lowest BCUT2D eigenvalue weighted by molar-refractivity contribution is -0.113. The highest BCUT2D eigenvalue weighted by atomic mass is 32.2. The maximum atomic E-state index is 12.8. The van der Waals surface area contributed by atoms with E-state index >= 15 is 0 Å². The van der Waals surface area contributed by atoms with E-state index in [-0.39, 0.29) is 11.7 Å². The SMILES string of the molecule is Cc1ccc(-c2c(SCC(=O)Nc3ccccc3)c(-c3ccccc3)nc3ccccc23)cc1. The first-order valence-electron chi connectivity index (χ1n) is 11.2. The molecule has 4 heteroatoms. The van der Waals surface area contributed by atoms with Crippen LogP contribution in [-0.4, -0.2) is 16.6 Å². The molecule has 34 heavy (non-hydrogen) atoms. The van der Waals surface area contributed by atoms with E-state index in [0.29, 0.717) is 0 Å². The number of carbonyl (C=O) groups excluding carboxylic acids is 1. The zero-order valence-electron chi connectivity index (χ0n) is 18.9. The fourth-order valence-electron chi connectivity index (χ4n) is 3.99. The Labute approximate surface area is 203 Å². The molecule has 0 atom stereocenters. The van der Waals surface area contributed by atoms with E-state index in [2.05, 4.69) is 60.8 Å². The molecular formula is C30H24N2OS. The van der Waals surface area contributed by atoms with Crippen molar-refractivity contribution < 1.29 is 4.79 Å². The molecule has 0 radical (unpaired) electrons. The number of anilines is 1. The van der Waals surface area contributed by atoms with Crippen LogP contribution in [0.4, 0.5) is 5.69 Å². The third-order valence-corrected chi connectivity index (χ3v) is 6.73. The average molecular weight is 461 g/mol. The number of thioether (sulfide) groups is 1. The lowest BCUT2D eigenvalue weighted by Crippen LogP contribution is -2.14. The van der Waals surface area contributed by atoms with Crippen LogP contribution in [-0.2, 0) is 4.79 Å². The fraction of sp³-hybridized carbons (Fsp3) is 0.0667. The molecule has 0 fully saturated rings. The second kappa shape index (κ2) is 9.94. The molecule has 0 bridgehead atoms. The summed E-state index contributed by atoms with van der Waals surface area (Å²) in [5.41, 5.74) is 7.11. The maximum Gasteiger partial charge on any atom is 0.234 e. The summed E-state index contributed by atoms with van der Waals surface area (Å²) >= 11 is 1.54. The molecule has 166 valence electrons. The van der Waals surface area contributed by atoms with Crippen LogP contribution in [0.2, 0.25) is 0 Å². The van der Waals surface area contributed by atoms with Crippen molar-refractivity contribution in [2.45, 2.75) is 11.8 Å². The van der Waals surface area contributed by atoms with Crippen molar-refractivity contribution in [1.29, 1.82) is 0 Å². The number of hydrogen-bond acceptors (Lipinski definition) is 3. The molecule has 1 N–H and O–H groups in total. The average Bonchev–Trinajstić information content (AvgIpc) is 2.88. The summed E-state index contributed by atoms with van der Waals surface area (Å²) in [6.07, 6.45) is 0. The monoisotopic (exact) mass is 460 g/mol. The van der Waals surface area contributed by atoms with Gasteiger partial charge in [-0.05, 0) is 30.7 Å². The molecule has 0 saturated carbocycles. The van der Waals surface area contributed by atoms with Gasteiger partial charge < -0.3 is 5.32 Å². The Morgan fingerprint density at radius 3 is 2.15 bits per heavy atom. The number of aromatic nitrogens is 1. The Morgan fingerprint density at radius 2 is 1.41 bits per heavy atom. The topological polar surface area (TPSA) is 42.0 Å². The minimum Gasteiger partial charge on any atom is -0.325 e. The Hall–Kier alpha value is -3.89. The van der Waals surface area contributed by atoms with Gasteiger partial charge in [0.25, 0.3) is 0 Å².